The van der Waals surface area contributed by atoms with Crippen LogP contribution in [0.5, 0.6) is 0 Å². The number of anilines is 2. The average Bonchev–Trinajstić information content (AvgIpc) is 2.68. The van der Waals surface area contributed by atoms with E-state index >= 15 is 0 Å². The topological polar surface area (TPSA) is 60.0 Å². The summed E-state index contributed by atoms with van der Waals surface area (Å²) in [6.45, 7) is 0. The number of nitrogens with two attached hydrogens (primary N) is 1. The van der Waals surface area contributed by atoms with Crippen LogP contribution < -0.4 is 11.1 Å². The van der Waals surface area contributed by atoms with Crippen LogP contribution in [-0.2, 0) is 13.2 Å². The summed E-state index contributed by atoms with van der Waals surface area (Å²) in [5.41, 5.74) is 4.89. The molecule has 0 saturated carbocycles. The van der Waals surface area contributed by atoms with Crippen LogP contribution in [0.4, 0.5) is 24.5 Å². The van der Waals surface area contributed by atoms with Gasteiger partial charge in [0.15, 0.2) is 0 Å². The lowest BCUT2D eigenvalue weighted by molar-refractivity contribution is -0.136. The average molecular weight is 283 g/mol. The largest absolute Gasteiger partial charge is 0.418 e. The standard InChI is InChI=1S/C13H12F3N3O/c1-19-7-8(17)6-11(19)12(20)18-10-5-3-2-4-9(10)13(14,15)16/h2-7H,17H2,1H3,(H,18,20). The van der Waals surface area contributed by atoms with Crippen molar-refractivity contribution in [2.45, 2.75) is 6.18 Å². The van der Waals surface area contributed by atoms with Crippen molar-refractivity contribution in [1.82, 2.24) is 4.57 Å². The highest BCUT2D eigenvalue weighted by molar-refractivity contribution is 6.04. The van der Waals surface area contributed by atoms with Crippen LogP contribution in [0.25, 0.3) is 0 Å². The number of alkyl halides is 3. The third-order valence-electron chi connectivity index (χ3n) is 2.74. The van der Waals surface area contributed by atoms with E-state index in [4.69, 9.17) is 5.73 Å². The van der Waals surface area contributed by atoms with Crippen LogP contribution in [0.3, 0.4) is 0 Å². The highest BCUT2D eigenvalue weighted by Gasteiger charge is 2.33. The lowest BCUT2D eigenvalue weighted by atomic mass is 10.1. The Morgan fingerprint density at radius 1 is 1.30 bits per heavy atom. The molecule has 1 aromatic carbocycles. The van der Waals surface area contributed by atoms with Crippen LogP contribution in [0, 0.1) is 0 Å². The Labute approximate surface area is 113 Å². The van der Waals surface area contributed by atoms with Gasteiger partial charge in [0, 0.05) is 13.2 Å². The minimum Gasteiger partial charge on any atom is -0.397 e. The minimum absolute atomic E-state index is 0.180. The van der Waals surface area contributed by atoms with E-state index in [2.05, 4.69) is 5.32 Å². The molecule has 106 valence electrons. The molecule has 1 amide bonds. The monoisotopic (exact) mass is 283 g/mol. The number of carbonyl (C=O) groups excluding carboxylic acids is 1. The first-order valence-corrected chi connectivity index (χ1v) is 5.68. The first kappa shape index (κ1) is 14.0. The molecule has 3 N–H and O–H groups in total. The third-order valence-corrected chi connectivity index (χ3v) is 2.74. The van der Waals surface area contributed by atoms with Crippen LogP contribution in [0.2, 0.25) is 0 Å². The number of aromatic nitrogens is 1. The molecule has 7 heteroatoms. The lowest BCUT2D eigenvalue weighted by Gasteiger charge is -2.13. The molecule has 0 aliphatic rings. The van der Waals surface area contributed by atoms with Gasteiger partial charge in [-0.25, -0.2) is 0 Å². The number of nitrogen functional groups attached to an aromatic ring is 1. The van der Waals surface area contributed by atoms with Gasteiger partial charge in [0.25, 0.3) is 5.91 Å². The second-order valence-corrected chi connectivity index (χ2v) is 4.27. The van der Waals surface area contributed by atoms with Crippen LogP contribution in [0.1, 0.15) is 16.1 Å². The van der Waals surface area contributed by atoms with E-state index in [1.165, 1.54) is 35.0 Å². The second kappa shape index (κ2) is 4.92. The molecule has 1 heterocycles. The number of hydrogen-bond donors (Lipinski definition) is 2. The highest BCUT2D eigenvalue weighted by Crippen LogP contribution is 2.34. The van der Waals surface area contributed by atoms with E-state index in [-0.39, 0.29) is 11.4 Å². The lowest BCUT2D eigenvalue weighted by Crippen LogP contribution is -2.18. The fraction of sp³-hybridized carbons (Fsp3) is 0.154. The van der Waals surface area contributed by atoms with Crippen molar-refractivity contribution in [1.29, 1.82) is 0 Å². The SMILES string of the molecule is Cn1cc(N)cc1C(=O)Nc1ccccc1C(F)(F)F. The summed E-state index contributed by atoms with van der Waals surface area (Å²) in [4.78, 5) is 12.0. The van der Waals surface area contributed by atoms with Crippen molar-refractivity contribution in [3.63, 3.8) is 0 Å². The summed E-state index contributed by atoms with van der Waals surface area (Å²) < 4.78 is 39.9. The fourth-order valence-electron chi connectivity index (χ4n) is 1.84. The number of amides is 1. The summed E-state index contributed by atoms with van der Waals surface area (Å²) in [5, 5.41) is 2.25. The second-order valence-electron chi connectivity index (χ2n) is 4.27. The molecule has 0 saturated heterocycles. The van der Waals surface area contributed by atoms with Crippen molar-refractivity contribution in [2.24, 2.45) is 7.05 Å². The number of aryl methyl sites for hydroxylation is 1. The molecule has 20 heavy (non-hydrogen) atoms. The zero-order chi connectivity index (χ0) is 14.9. The van der Waals surface area contributed by atoms with Gasteiger partial charge in [-0.2, -0.15) is 13.2 Å². The molecule has 0 atom stereocenters. The van der Waals surface area contributed by atoms with Gasteiger partial charge >= 0.3 is 6.18 Å². The van der Waals surface area contributed by atoms with E-state index in [0.29, 0.717) is 5.69 Å². The Hall–Kier alpha value is -2.44. The zero-order valence-corrected chi connectivity index (χ0v) is 10.5. The molecular formula is C13H12F3N3O. The predicted molar refractivity (Wildman–Crippen MR) is 69.2 cm³/mol. The van der Waals surface area contributed by atoms with Crippen molar-refractivity contribution >= 4 is 17.3 Å². The molecule has 1 aromatic heterocycles. The molecule has 0 spiro atoms. The number of rotatable bonds is 2. The predicted octanol–water partition coefficient (Wildman–Crippen LogP) is 2.88. The summed E-state index contributed by atoms with van der Waals surface area (Å²) >= 11 is 0. The molecule has 4 nitrogen and oxygen atoms in total. The smallest absolute Gasteiger partial charge is 0.397 e. The number of carbonyl (C=O) groups is 1. The maximum Gasteiger partial charge on any atom is 0.418 e. The van der Waals surface area contributed by atoms with Gasteiger partial charge in [0.05, 0.1) is 16.9 Å². The van der Waals surface area contributed by atoms with Crippen molar-refractivity contribution in [3.05, 3.63) is 47.8 Å². The summed E-state index contributed by atoms with van der Waals surface area (Å²) in [7, 11) is 1.58. The van der Waals surface area contributed by atoms with Crippen LogP contribution in [-0.4, -0.2) is 10.5 Å². The van der Waals surface area contributed by atoms with E-state index in [1.54, 1.807) is 7.05 Å². The van der Waals surface area contributed by atoms with E-state index in [1.807, 2.05) is 0 Å². The number of para-hydroxylation sites is 1. The van der Waals surface area contributed by atoms with Gasteiger partial charge < -0.3 is 15.6 Å². The van der Waals surface area contributed by atoms with E-state index in [9.17, 15) is 18.0 Å². The maximum absolute atomic E-state index is 12.8. The molecule has 0 fully saturated rings. The Bertz CT molecular complexity index is 647. The number of nitrogens with zero attached hydrogens (tertiary/aromatic N) is 1. The van der Waals surface area contributed by atoms with Gasteiger partial charge in [-0.1, -0.05) is 12.1 Å². The number of benzene rings is 1. The van der Waals surface area contributed by atoms with Crippen LogP contribution in [0.15, 0.2) is 36.5 Å². The zero-order valence-electron chi connectivity index (χ0n) is 10.5. The van der Waals surface area contributed by atoms with Gasteiger partial charge in [0.2, 0.25) is 0 Å². The molecule has 2 aromatic rings. The van der Waals surface area contributed by atoms with Crippen molar-refractivity contribution in [2.75, 3.05) is 11.1 Å². The van der Waals surface area contributed by atoms with E-state index in [0.717, 1.165) is 6.07 Å². The highest BCUT2D eigenvalue weighted by atomic mass is 19.4. The molecule has 0 bridgehead atoms. The number of nitrogens with one attached hydrogen (secondary N) is 1. The van der Waals surface area contributed by atoms with Gasteiger partial charge in [-0.3, -0.25) is 4.79 Å². The van der Waals surface area contributed by atoms with E-state index < -0.39 is 17.6 Å². The van der Waals surface area contributed by atoms with Gasteiger partial charge in [-0.05, 0) is 18.2 Å². The third kappa shape index (κ3) is 2.76. The Balaban J connectivity index is 2.31. The quantitative estimate of drug-likeness (QED) is 0.890. The first-order valence-electron chi connectivity index (χ1n) is 5.68. The summed E-state index contributed by atoms with van der Waals surface area (Å²) in [6.07, 6.45) is -3.03. The first-order chi connectivity index (χ1) is 9.29. The Morgan fingerprint density at radius 2 is 1.95 bits per heavy atom. The minimum atomic E-state index is -4.53. The molecule has 0 aliphatic carbocycles. The molecule has 0 unspecified atom stereocenters. The van der Waals surface area contributed by atoms with Crippen molar-refractivity contribution in [3.8, 4) is 0 Å². The molecular weight excluding hydrogens is 271 g/mol. The fourth-order valence-corrected chi connectivity index (χ4v) is 1.84. The number of halogens is 3. The number of hydrogen-bond acceptors (Lipinski definition) is 2. The molecule has 0 aliphatic heterocycles. The van der Waals surface area contributed by atoms with Crippen molar-refractivity contribution < 1.29 is 18.0 Å². The Morgan fingerprint density at radius 3 is 2.50 bits per heavy atom. The Kier molecular flexibility index (Phi) is 3.44. The molecule has 2 rings (SSSR count). The van der Waals surface area contributed by atoms with Gasteiger partial charge in [-0.15, -0.1) is 0 Å². The van der Waals surface area contributed by atoms with Crippen LogP contribution >= 0.6 is 0 Å². The normalized spacial score (nSPS) is 11.4. The summed E-state index contributed by atoms with van der Waals surface area (Å²) in [6, 6.07) is 6.19. The molecule has 0 radical (unpaired) electrons. The summed E-state index contributed by atoms with van der Waals surface area (Å²) in [5.74, 6) is -0.652. The maximum atomic E-state index is 12.8. The van der Waals surface area contributed by atoms with Gasteiger partial charge in [0.1, 0.15) is 5.69 Å².